The number of hydrogen-bond acceptors (Lipinski definition) is 1. The minimum Gasteiger partial charge on any atom is -0.322 e. The summed E-state index contributed by atoms with van der Waals surface area (Å²) < 4.78 is 37.8. The van der Waals surface area contributed by atoms with Gasteiger partial charge in [-0.15, -0.1) is 6.42 Å². The van der Waals surface area contributed by atoms with E-state index < -0.39 is 17.6 Å². The molecule has 2 nitrogen and oxygen atoms in total. The second-order valence-corrected chi connectivity index (χ2v) is 4.26. The summed E-state index contributed by atoms with van der Waals surface area (Å²) in [5.41, 5.74) is 0.0492. The van der Waals surface area contributed by atoms with Crippen LogP contribution in [-0.4, -0.2) is 5.91 Å². The predicted octanol–water partition coefficient (Wildman–Crippen LogP) is 3.94. The van der Waals surface area contributed by atoms with Crippen molar-refractivity contribution in [2.45, 2.75) is 6.18 Å². The fourth-order valence-corrected chi connectivity index (χ4v) is 1.73. The van der Waals surface area contributed by atoms with Crippen molar-refractivity contribution in [1.82, 2.24) is 0 Å². The van der Waals surface area contributed by atoms with E-state index >= 15 is 0 Å². The van der Waals surface area contributed by atoms with E-state index in [1.54, 1.807) is 24.3 Å². The Hall–Kier alpha value is -2.74. The van der Waals surface area contributed by atoms with Crippen LogP contribution in [0.2, 0.25) is 0 Å². The quantitative estimate of drug-likeness (QED) is 0.834. The van der Waals surface area contributed by atoms with E-state index in [0.717, 1.165) is 12.1 Å². The van der Waals surface area contributed by atoms with Crippen molar-refractivity contribution >= 4 is 11.6 Å². The molecule has 0 aromatic heterocycles. The number of halogens is 3. The number of benzene rings is 2. The zero-order valence-corrected chi connectivity index (χ0v) is 10.7. The van der Waals surface area contributed by atoms with Crippen LogP contribution in [0.3, 0.4) is 0 Å². The van der Waals surface area contributed by atoms with Gasteiger partial charge in [0.05, 0.1) is 5.56 Å². The van der Waals surface area contributed by atoms with Gasteiger partial charge in [-0.2, -0.15) is 13.2 Å². The van der Waals surface area contributed by atoms with Gasteiger partial charge >= 0.3 is 6.18 Å². The summed E-state index contributed by atoms with van der Waals surface area (Å²) >= 11 is 0. The highest BCUT2D eigenvalue weighted by molar-refractivity contribution is 6.04. The van der Waals surface area contributed by atoms with E-state index in [-0.39, 0.29) is 5.56 Å². The first-order valence-electron chi connectivity index (χ1n) is 5.95. The van der Waals surface area contributed by atoms with Crippen LogP contribution in [0.5, 0.6) is 0 Å². The van der Waals surface area contributed by atoms with Crippen LogP contribution in [0, 0.1) is 12.3 Å². The molecule has 0 fully saturated rings. The van der Waals surface area contributed by atoms with Gasteiger partial charge in [-0.3, -0.25) is 4.79 Å². The van der Waals surface area contributed by atoms with Crippen molar-refractivity contribution < 1.29 is 18.0 Å². The third-order valence-electron chi connectivity index (χ3n) is 2.74. The Morgan fingerprint density at radius 1 is 1.10 bits per heavy atom. The Morgan fingerprint density at radius 2 is 1.81 bits per heavy atom. The van der Waals surface area contributed by atoms with Gasteiger partial charge in [-0.1, -0.05) is 18.1 Å². The van der Waals surface area contributed by atoms with Gasteiger partial charge in [-0.05, 0) is 36.4 Å². The molecule has 2 aromatic rings. The maximum atomic E-state index is 12.6. The van der Waals surface area contributed by atoms with Crippen LogP contribution in [0.25, 0.3) is 0 Å². The highest BCUT2D eigenvalue weighted by atomic mass is 19.4. The van der Waals surface area contributed by atoms with Crippen molar-refractivity contribution in [2.24, 2.45) is 0 Å². The normalized spacial score (nSPS) is 10.8. The predicted molar refractivity (Wildman–Crippen MR) is 73.8 cm³/mol. The van der Waals surface area contributed by atoms with Crippen molar-refractivity contribution in [3.63, 3.8) is 0 Å². The van der Waals surface area contributed by atoms with Gasteiger partial charge in [0.2, 0.25) is 0 Å². The minimum atomic E-state index is -4.49. The van der Waals surface area contributed by atoms with E-state index in [4.69, 9.17) is 6.42 Å². The zero-order valence-electron chi connectivity index (χ0n) is 10.7. The molecular formula is C16H10F3NO. The van der Waals surface area contributed by atoms with Crippen LogP contribution < -0.4 is 5.32 Å². The molecule has 0 atom stereocenters. The molecule has 5 heteroatoms. The number of rotatable bonds is 2. The fraction of sp³-hybridized carbons (Fsp3) is 0.0625. The number of nitrogens with one attached hydrogen (secondary N) is 1. The molecular weight excluding hydrogens is 279 g/mol. The van der Waals surface area contributed by atoms with E-state index in [1.165, 1.54) is 12.1 Å². The number of anilines is 1. The van der Waals surface area contributed by atoms with Crippen LogP contribution in [0.15, 0.2) is 48.5 Å². The standard InChI is InChI=1S/C16H10F3NO/c1-2-11-5-3-8-14(9-11)20-15(21)12-6-4-7-13(10-12)16(17,18)19/h1,3-10H,(H,20,21). The fourth-order valence-electron chi connectivity index (χ4n) is 1.73. The molecule has 0 aliphatic heterocycles. The number of amides is 1. The molecule has 0 saturated heterocycles. The first kappa shape index (κ1) is 14.7. The van der Waals surface area contributed by atoms with Gasteiger partial charge < -0.3 is 5.32 Å². The number of terminal acetylenes is 1. The van der Waals surface area contributed by atoms with Crippen molar-refractivity contribution in [1.29, 1.82) is 0 Å². The largest absolute Gasteiger partial charge is 0.416 e. The molecule has 2 aromatic carbocycles. The maximum Gasteiger partial charge on any atom is 0.416 e. The van der Waals surface area contributed by atoms with Gasteiger partial charge in [0.25, 0.3) is 5.91 Å². The minimum absolute atomic E-state index is 0.0732. The van der Waals surface area contributed by atoms with E-state index in [1.807, 2.05) is 0 Å². The second-order valence-electron chi connectivity index (χ2n) is 4.26. The summed E-state index contributed by atoms with van der Waals surface area (Å²) in [4.78, 5) is 12.0. The van der Waals surface area contributed by atoms with Crippen molar-refractivity contribution in [3.05, 3.63) is 65.2 Å². The molecule has 1 N–H and O–H groups in total. The molecule has 0 aliphatic carbocycles. The average Bonchev–Trinajstić information content (AvgIpc) is 2.46. The monoisotopic (exact) mass is 289 g/mol. The topological polar surface area (TPSA) is 29.1 Å². The highest BCUT2D eigenvalue weighted by Gasteiger charge is 2.30. The maximum absolute atomic E-state index is 12.6. The third kappa shape index (κ3) is 3.63. The van der Waals surface area contributed by atoms with Crippen LogP contribution in [-0.2, 0) is 6.18 Å². The molecule has 0 unspecified atom stereocenters. The Balaban J connectivity index is 2.23. The first-order chi connectivity index (χ1) is 9.90. The van der Waals surface area contributed by atoms with E-state index in [0.29, 0.717) is 11.3 Å². The Labute approximate surface area is 119 Å². The molecule has 0 bridgehead atoms. The van der Waals surface area contributed by atoms with Gasteiger partial charge in [-0.25, -0.2) is 0 Å². The Morgan fingerprint density at radius 3 is 2.48 bits per heavy atom. The number of carbonyl (C=O) groups excluding carboxylic acids is 1. The summed E-state index contributed by atoms with van der Waals surface area (Å²) in [5.74, 6) is 1.78. The zero-order chi connectivity index (χ0) is 15.5. The van der Waals surface area contributed by atoms with Crippen LogP contribution in [0.4, 0.5) is 18.9 Å². The van der Waals surface area contributed by atoms with E-state index in [2.05, 4.69) is 11.2 Å². The number of alkyl halides is 3. The highest BCUT2D eigenvalue weighted by Crippen LogP contribution is 2.29. The smallest absolute Gasteiger partial charge is 0.322 e. The lowest BCUT2D eigenvalue weighted by molar-refractivity contribution is -0.137. The van der Waals surface area contributed by atoms with Gasteiger partial charge in [0, 0.05) is 16.8 Å². The number of hydrogen-bond donors (Lipinski definition) is 1. The molecule has 2 rings (SSSR count). The van der Waals surface area contributed by atoms with Gasteiger partial charge in [0.15, 0.2) is 0 Å². The molecule has 21 heavy (non-hydrogen) atoms. The summed E-state index contributed by atoms with van der Waals surface area (Å²) in [6.07, 6.45) is 0.754. The van der Waals surface area contributed by atoms with Gasteiger partial charge in [0.1, 0.15) is 0 Å². The SMILES string of the molecule is C#Cc1cccc(NC(=O)c2cccc(C(F)(F)F)c2)c1. The lowest BCUT2D eigenvalue weighted by Gasteiger charge is -2.09. The average molecular weight is 289 g/mol. The summed E-state index contributed by atoms with van der Waals surface area (Å²) in [7, 11) is 0. The lowest BCUT2D eigenvalue weighted by atomic mass is 10.1. The lowest BCUT2D eigenvalue weighted by Crippen LogP contribution is -2.14. The molecule has 0 aliphatic rings. The number of carbonyl (C=O) groups is 1. The molecule has 0 saturated carbocycles. The molecule has 1 amide bonds. The first-order valence-corrected chi connectivity index (χ1v) is 5.95. The molecule has 106 valence electrons. The van der Waals surface area contributed by atoms with Crippen molar-refractivity contribution in [2.75, 3.05) is 5.32 Å². The summed E-state index contributed by atoms with van der Waals surface area (Å²) in [6.45, 7) is 0. The summed E-state index contributed by atoms with van der Waals surface area (Å²) in [5, 5.41) is 2.51. The third-order valence-corrected chi connectivity index (χ3v) is 2.74. The molecule has 0 heterocycles. The molecule has 0 radical (unpaired) electrons. The van der Waals surface area contributed by atoms with Crippen LogP contribution >= 0.6 is 0 Å². The Bertz CT molecular complexity index is 714. The van der Waals surface area contributed by atoms with Crippen molar-refractivity contribution in [3.8, 4) is 12.3 Å². The summed E-state index contributed by atoms with van der Waals surface area (Å²) in [6, 6.07) is 10.7. The molecule has 0 spiro atoms. The second kappa shape index (κ2) is 5.71. The van der Waals surface area contributed by atoms with Crippen LogP contribution in [0.1, 0.15) is 21.5 Å². The Kier molecular flexibility index (Phi) is 3.99. The van der Waals surface area contributed by atoms with E-state index in [9.17, 15) is 18.0 Å².